The summed E-state index contributed by atoms with van der Waals surface area (Å²) in [5.74, 6) is 0.234. The van der Waals surface area contributed by atoms with Gasteiger partial charge in [-0.3, -0.25) is 4.79 Å². The van der Waals surface area contributed by atoms with Gasteiger partial charge in [-0.15, -0.1) is 0 Å². The van der Waals surface area contributed by atoms with Crippen LogP contribution in [0.25, 0.3) is 0 Å². The van der Waals surface area contributed by atoms with Gasteiger partial charge in [-0.05, 0) is 0 Å². The van der Waals surface area contributed by atoms with E-state index in [0.29, 0.717) is 13.0 Å². The molecule has 0 aromatic rings. The molecule has 0 spiro atoms. The van der Waals surface area contributed by atoms with Crippen molar-refractivity contribution in [1.29, 1.82) is 0 Å². The lowest BCUT2D eigenvalue weighted by Gasteiger charge is -2.12. The fourth-order valence-corrected chi connectivity index (χ4v) is 1.85. The van der Waals surface area contributed by atoms with E-state index in [2.05, 4.69) is 0 Å². The second-order valence-electron chi connectivity index (χ2n) is 3.19. The van der Waals surface area contributed by atoms with Crippen LogP contribution in [0.4, 0.5) is 0 Å². The molecule has 2 rings (SSSR count). The predicted octanol–water partition coefficient (Wildman–Crippen LogP) is -0.0367. The van der Waals surface area contributed by atoms with Crippen LogP contribution in [-0.4, -0.2) is 38.5 Å². The highest BCUT2D eigenvalue weighted by Crippen LogP contribution is 2.34. The fourth-order valence-electron chi connectivity index (χ4n) is 1.85. The van der Waals surface area contributed by atoms with E-state index in [1.54, 1.807) is 7.11 Å². The predicted molar refractivity (Wildman–Crippen MR) is 39.6 cm³/mol. The number of ether oxygens (including phenoxy) is 3. The van der Waals surface area contributed by atoms with Gasteiger partial charge in [0.05, 0.1) is 24.7 Å². The topological polar surface area (TPSA) is 44.8 Å². The highest BCUT2D eigenvalue weighted by atomic mass is 16.7. The van der Waals surface area contributed by atoms with Crippen LogP contribution >= 0.6 is 0 Å². The van der Waals surface area contributed by atoms with E-state index in [1.165, 1.54) is 0 Å². The molecular weight excluding hydrogens is 160 g/mol. The number of fused-ring (bicyclic) bond motifs is 2. The molecule has 1 heterocycles. The van der Waals surface area contributed by atoms with E-state index in [9.17, 15) is 4.79 Å². The van der Waals surface area contributed by atoms with E-state index in [1.807, 2.05) is 0 Å². The molecule has 2 fully saturated rings. The maximum Gasteiger partial charge on any atom is 0.146 e. The van der Waals surface area contributed by atoms with Crippen molar-refractivity contribution in [3.63, 3.8) is 0 Å². The Morgan fingerprint density at radius 3 is 3.00 bits per heavy atom. The third kappa shape index (κ3) is 1.16. The standard InChI is InChI=1S/C8H12O4/c1-10-4-12-8-5-3-11-7(8)2-6(5)9/h5,7-8H,2-4H2,1H3. The summed E-state index contributed by atoms with van der Waals surface area (Å²) in [5, 5.41) is 0. The van der Waals surface area contributed by atoms with Crippen LogP contribution in [0, 0.1) is 5.92 Å². The minimum atomic E-state index is -0.0579. The van der Waals surface area contributed by atoms with Gasteiger partial charge in [-0.2, -0.15) is 0 Å². The molecule has 12 heavy (non-hydrogen) atoms. The van der Waals surface area contributed by atoms with Crippen LogP contribution < -0.4 is 0 Å². The Kier molecular flexibility index (Phi) is 2.12. The summed E-state index contributed by atoms with van der Waals surface area (Å²) in [5.41, 5.74) is 0. The van der Waals surface area contributed by atoms with E-state index in [0.717, 1.165) is 0 Å². The van der Waals surface area contributed by atoms with E-state index >= 15 is 0 Å². The maximum atomic E-state index is 11.2. The monoisotopic (exact) mass is 172 g/mol. The Morgan fingerprint density at radius 2 is 2.50 bits per heavy atom. The van der Waals surface area contributed by atoms with Crippen molar-refractivity contribution < 1.29 is 19.0 Å². The second-order valence-corrected chi connectivity index (χ2v) is 3.19. The Bertz CT molecular complexity index is 191. The largest absolute Gasteiger partial charge is 0.374 e. The van der Waals surface area contributed by atoms with Crippen LogP contribution in [-0.2, 0) is 19.0 Å². The molecule has 3 atom stereocenters. The summed E-state index contributed by atoms with van der Waals surface area (Å²) in [6.45, 7) is 0.770. The van der Waals surface area contributed by atoms with Crippen LogP contribution in [0.2, 0.25) is 0 Å². The number of carbonyl (C=O) groups is 1. The summed E-state index contributed by atoms with van der Waals surface area (Å²) >= 11 is 0. The third-order valence-electron chi connectivity index (χ3n) is 2.45. The first-order valence-corrected chi connectivity index (χ1v) is 4.08. The average Bonchev–Trinajstić information content (AvgIpc) is 2.56. The minimum absolute atomic E-state index is 0.0161. The zero-order valence-electron chi connectivity index (χ0n) is 6.99. The number of hydrogen-bond acceptors (Lipinski definition) is 4. The van der Waals surface area contributed by atoms with Gasteiger partial charge in [0.15, 0.2) is 0 Å². The fraction of sp³-hybridized carbons (Fsp3) is 0.875. The average molecular weight is 172 g/mol. The lowest BCUT2D eigenvalue weighted by Crippen LogP contribution is -2.24. The van der Waals surface area contributed by atoms with Gasteiger partial charge >= 0.3 is 0 Å². The molecule has 1 aliphatic heterocycles. The van der Waals surface area contributed by atoms with Crippen molar-refractivity contribution in [3.05, 3.63) is 0 Å². The van der Waals surface area contributed by atoms with Gasteiger partial charge in [0, 0.05) is 13.5 Å². The molecule has 2 bridgehead atoms. The highest BCUT2D eigenvalue weighted by Gasteiger charge is 2.49. The molecule has 2 aliphatic rings. The second kappa shape index (κ2) is 3.12. The summed E-state index contributed by atoms with van der Waals surface area (Å²) in [6, 6.07) is 0. The van der Waals surface area contributed by atoms with Crippen LogP contribution in [0.1, 0.15) is 6.42 Å². The Hall–Kier alpha value is -0.450. The first kappa shape index (κ1) is 8.16. The van der Waals surface area contributed by atoms with Gasteiger partial charge < -0.3 is 14.2 Å². The molecule has 1 saturated heterocycles. The molecule has 68 valence electrons. The molecule has 0 amide bonds. The number of rotatable bonds is 3. The summed E-state index contributed by atoms with van der Waals surface area (Å²) in [6.07, 6.45) is 0.439. The molecular formula is C8H12O4. The van der Waals surface area contributed by atoms with Gasteiger partial charge in [0.2, 0.25) is 0 Å². The zero-order valence-corrected chi connectivity index (χ0v) is 6.99. The number of hydrogen-bond donors (Lipinski definition) is 0. The normalized spacial score (nSPS) is 39.4. The Labute approximate surface area is 70.8 Å². The van der Waals surface area contributed by atoms with Crippen LogP contribution in [0.3, 0.4) is 0 Å². The quantitative estimate of drug-likeness (QED) is 0.560. The molecule has 3 unspecified atom stereocenters. The molecule has 0 aromatic heterocycles. The van der Waals surface area contributed by atoms with E-state index in [-0.39, 0.29) is 30.7 Å². The Balaban J connectivity index is 1.94. The first-order chi connectivity index (χ1) is 5.83. The van der Waals surface area contributed by atoms with Gasteiger partial charge in [0.25, 0.3) is 0 Å². The van der Waals surface area contributed by atoms with Crippen molar-refractivity contribution in [1.82, 2.24) is 0 Å². The van der Waals surface area contributed by atoms with E-state index in [4.69, 9.17) is 14.2 Å². The molecule has 4 heteroatoms. The van der Waals surface area contributed by atoms with Crippen molar-refractivity contribution in [2.24, 2.45) is 5.92 Å². The number of methoxy groups -OCH3 is 1. The molecule has 4 nitrogen and oxygen atoms in total. The zero-order chi connectivity index (χ0) is 8.55. The number of carbonyl (C=O) groups excluding carboxylic acids is 1. The summed E-state index contributed by atoms with van der Waals surface area (Å²) in [7, 11) is 1.57. The molecule has 0 radical (unpaired) electrons. The minimum Gasteiger partial charge on any atom is -0.374 e. The lowest BCUT2D eigenvalue weighted by atomic mass is 10.1. The number of Topliss-reactive ketones (excluding diaryl/α,β-unsaturated/α-hetero) is 1. The SMILES string of the molecule is COCOC1C2CC(=O)C1CO2. The maximum absolute atomic E-state index is 11.2. The van der Waals surface area contributed by atoms with Gasteiger partial charge in [-0.1, -0.05) is 0 Å². The third-order valence-corrected chi connectivity index (χ3v) is 2.45. The van der Waals surface area contributed by atoms with Crippen molar-refractivity contribution in [2.45, 2.75) is 18.6 Å². The van der Waals surface area contributed by atoms with Gasteiger partial charge in [-0.25, -0.2) is 0 Å². The van der Waals surface area contributed by atoms with Gasteiger partial charge in [0.1, 0.15) is 12.6 Å². The first-order valence-electron chi connectivity index (χ1n) is 4.08. The lowest BCUT2D eigenvalue weighted by molar-refractivity contribution is -0.126. The van der Waals surface area contributed by atoms with Crippen molar-refractivity contribution >= 4 is 5.78 Å². The smallest absolute Gasteiger partial charge is 0.146 e. The number of ketones is 1. The molecule has 0 N–H and O–H groups in total. The van der Waals surface area contributed by atoms with E-state index < -0.39 is 0 Å². The molecule has 1 aliphatic carbocycles. The van der Waals surface area contributed by atoms with Crippen LogP contribution in [0.5, 0.6) is 0 Å². The summed E-state index contributed by atoms with van der Waals surface area (Å²) in [4.78, 5) is 11.2. The molecule has 0 aromatic carbocycles. The Morgan fingerprint density at radius 1 is 1.67 bits per heavy atom. The molecule has 1 saturated carbocycles. The van der Waals surface area contributed by atoms with Crippen LogP contribution in [0.15, 0.2) is 0 Å². The highest BCUT2D eigenvalue weighted by molar-refractivity contribution is 5.85. The van der Waals surface area contributed by atoms with Crippen molar-refractivity contribution in [3.8, 4) is 0 Å². The van der Waals surface area contributed by atoms with Crippen molar-refractivity contribution in [2.75, 3.05) is 20.5 Å². The summed E-state index contributed by atoms with van der Waals surface area (Å²) < 4.78 is 15.4.